The molecule has 4 nitrogen and oxygen atoms in total. The summed E-state index contributed by atoms with van der Waals surface area (Å²) in [5.74, 6) is 0.780. The third-order valence-electron chi connectivity index (χ3n) is 4.08. The molecule has 0 aliphatic carbocycles. The third-order valence-corrected chi connectivity index (χ3v) is 4.32. The van der Waals surface area contributed by atoms with Gasteiger partial charge in [0.05, 0.1) is 6.61 Å². The molecule has 0 aromatic heterocycles. The molecule has 1 unspecified atom stereocenters. The van der Waals surface area contributed by atoms with Gasteiger partial charge in [0.1, 0.15) is 11.6 Å². The molecule has 1 aliphatic heterocycles. The Balaban J connectivity index is 1.72. The van der Waals surface area contributed by atoms with Crippen LogP contribution >= 0.6 is 11.6 Å². The van der Waals surface area contributed by atoms with Crippen LogP contribution in [0.1, 0.15) is 37.7 Å². The van der Waals surface area contributed by atoms with Gasteiger partial charge in [-0.3, -0.25) is 4.79 Å². The second-order valence-corrected chi connectivity index (χ2v) is 6.30. The zero-order chi connectivity index (χ0) is 16.3. The van der Waals surface area contributed by atoms with Gasteiger partial charge in [-0.2, -0.15) is 0 Å². The van der Waals surface area contributed by atoms with Gasteiger partial charge in [0.25, 0.3) is 0 Å². The van der Waals surface area contributed by atoms with Crippen molar-refractivity contribution >= 4 is 17.5 Å². The van der Waals surface area contributed by atoms with Gasteiger partial charge in [-0.25, -0.2) is 0 Å². The van der Waals surface area contributed by atoms with Crippen LogP contribution in [0.15, 0.2) is 24.3 Å². The number of halogens is 1. The molecule has 1 amide bonds. The molecule has 1 heterocycles. The maximum Gasteiger partial charge on any atom is 0.234 e. The van der Waals surface area contributed by atoms with Crippen LogP contribution < -0.4 is 15.4 Å². The minimum Gasteiger partial charge on any atom is -0.494 e. The topological polar surface area (TPSA) is 50.4 Å². The van der Waals surface area contributed by atoms with Gasteiger partial charge in [-0.15, -0.1) is 11.6 Å². The highest BCUT2D eigenvalue weighted by Gasteiger charge is 2.12. The quantitative estimate of drug-likeness (QED) is 0.566. The number of alkyl halides is 1. The van der Waals surface area contributed by atoms with Crippen LogP contribution in [0.2, 0.25) is 0 Å². The second kappa shape index (κ2) is 10.5. The zero-order valence-electron chi connectivity index (χ0n) is 13.7. The van der Waals surface area contributed by atoms with Gasteiger partial charge in [-0.1, -0.05) is 25.0 Å². The Kier molecular flexibility index (Phi) is 8.26. The van der Waals surface area contributed by atoms with Crippen LogP contribution in [0, 0.1) is 0 Å². The molecule has 2 N–H and O–H groups in total. The summed E-state index contributed by atoms with van der Waals surface area (Å²) in [6, 6.07) is 8.92. The molecule has 0 spiro atoms. The Hall–Kier alpha value is -1.26. The molecule has 0 bridgehead atoms. The first-order valence-electron chi connectivity index (χ1n) is 8.55. The lowest BCUT2D eigenvalue weighted by Gasteiger charge is -2.16. The maximum atomic E-state index is 11.0. The fourth-order valence-electron chi connectivity index (χ4n) is 2.86. The number of benzene rings is 1. The molecular formula is C18H27ClN2O2. The molecule has 0 radical (unpaired) electrons. The predicted octanol–water partition coefficient (Wildman–Crippen LogP) is 2.89. The highest BCUT2D eigenvalue weighted by atomic mass is 35.5. The molecule has 1 saturated heterocycles. The normalized spacial score (nSPS) is 18.2. The van der Waals surface area contributed by atoms with Crippen LogP contribution in [0.25, 0.3) is 0 Å². The second-order valence-electron chi connectivity index (χ2n) is 6.04. The smallest absolute Gasteiger partial charge is 0.234 e. The lowest BCUT2D eigenvalue weighted by atomic mass is 10.0. The van der Waals surface area contributed by atoms with E-state index in [2.05, 4.69) is 28.8 Å². The molecule has 1 fully saturated rings. The monoisotopic (exact) mass is 338 g/mol. The average molecular weight is 339 g/mol. The standard InChI is InChI=1S/C18H27ClN2O2/c19-14-18(22)21-10-5-11-23-17-8-4-6-15(13-17)12-16-7-2-1-3-9-20-16/h4,6,8,13,16,20H,1-3,5,7,9-12,14H2,(H,21,22). The van der Waals surface area contributed by atoms with E-state index in [0.717, 1.165) is 25.1 Å². The van der Waals surface area contributed by atoms with Crippen LogP contribution in [0.4, 0.5) is 0 Å². The van der Waals surface area contributed by atoms with Gasteiger partial charge < -0.3 is 15.4 Å². The van der Waals surface area contributed by atoms with Crippen LogP contribution in [0.5, 0.6) is 5.75 Å². The van der Waals surface area contributed by atoms with Crippen molar-refractivity contribution in [3.05, 3.63) is 29.8 Å². The van der Waals surface area contributed by atoms with Crippen LogP contribution in [-0.2, 0) is 11.2 Å². The van der Waals surface area contributed by atoms with E-state index in [0.29, 0.717) is 19.2 Å². The molecule has 1 aromatic carbocycles. The molecule has 2 rings (SSSR count). The summed E-state index contributed by atoms with van der Waals surface area (Å²) in [5.41, 5.74) is 1.32. The molecule has 128 valence electrons. The van der Waals surface area contributed by atoms with Crippen molar-refractivity contribution in [3.8, 4) is 5.75 Å². The van der Waals surface area contributed by atoms with E-state index in [1.165, 1.54) is 31.2 Å². The van der Waals surface area contributed by atoms with Crippen molar-refractivity contribution in [3.63, 3.8) is 0 Å². The van der Waals surface area contributed by atoms with Crippen molar-refractivity contribution in [1.29, 1.82) is 0 Å². The van der Waals surface area contributed by atoms with E-state index in [9.17, 15) is 4.79 Å². The van der Waals surface area contributed by atoms with Gasteiger partial charge in [0, 0.05) is 12.6 Å². The van der Waals surface area contributed by atoms with Gasteiger partial charge >= 0.3 is 0 Å². The number of nitrogens with one attached hydrogen (secondary N) is 2. The van der Waals surface area contributed by atoms with Gasteiger partial charge in [0.15, 0.2) is 0 Å². The summed E-state index contributed by atoms with van der Waals surface area (Å²) in [7, 11) is 0. The van der Waals surface area contributed by atoms with E-state index < -0.39 is 0 Å². The first-order valence-corrected chi connectivity index (χ1v) is 9.09. The Morgan fingerprint density at radius 3 is 3.13 bits per heavy atom. The molecule has 1 atom stereocenters. The minimum atomic E-state index is -0.135. The Labute approximate surface area is 143 Å². The number of hydrogen-bond donors (Lipinski definition) is 2. The van der Waals surface area contributed by atoms with E-state index in [-0.39, 0.29) is 11.8 Å². The number of carbonyl (C=O) groups excluding carboxylic acids is 1. The van der Waals surface area contributed by atoms with E-state index in [1.807, 2.05) is 6.07 Å². The first-order chi connectivity index (χ1) is 11.3. The summed E-state index contributed by atoms with van der Waals surface area (Å²) in [5, 5.41) is 6.36. The Bertz CT molecular complexity index is 474. The highest BCUT2D eigenvalue weighted by Crippen LogP contribution is 2.18. The summed E-state index contributed by atoms with van der Waals surface area (Å²) >= 11 is 5.42. The lowest BCUT2D eigenvalue weighted by molar-refractivity contribution is -0.118. The van der Waals surface area contributed by atoms with Gasteiger partial charge in [0.2, 0.25) is 5.91 Å². The summed E-state index contributed by atoms with van der Waals surface area (Å²) in [6.07, 6.45) is 7.04. The molecule has 1 aromatic rings. The Morgan fingerprint density at radius 1 is 1.35 bits per heavy atom. The SMILES string of the molecule is O=C(CCl)NCCCOc1cccc(CC2CCCCCN2)c1. The molecular weight excluding hydrogens is 312 g/mol. The number of ether oxygens (including phenoxy) is 1. The molecule has 1 aliphatic rings. The van der Waals surface area contributed by atoms with Crippen molar-refractivity contribution in [2.45, 2.75) is 44.6 Å². The summed E-state index contributed by atoms with van der Waals surface area (Å²) in [4.78, 5) is 11.0. The fraction of sp³-hybridized carbons (Fsp3) is 0.611. The summed E-state index contributed by atoms with van der Waals surface area (Å²) in [6.45, 7) is 2.32. The number of hydrogen-bond acceptors (Lipinski definition) is 3. The molecule has 0 saturated carbocycles. The first kappa shape index (κ1) is 18.1. The van der Waals surface area contributed by atoms with Crippen molar-refractivity contribution in [2.75, 3.05) is 25.6 Å². The van der Waals surface area contributed by atoms with Crippen LogP contribution in [-0.4, -0.2) is 37.5 Å². The zero-order valence-corrected chi connectivity index (χ0v) is 14.4. The number of carbonyl (C=O) groups is 1. The molecule has 5 heteroatoms. The highest BCUT2D eigenvalue weighted by molar-refractivity contribution is 6.27. The van der Waals surface area contributed by atoms with Crippen LogP contribution in [0.3, 0.4) is 0 Å². The van der Waals surface area contributed by atoms with Crippen molar-refractivity contribution in [1.82, 2.24) is 10.6 Å². The average Bonchev–Trinajstić information content (AvgIpc) is 2.83. The largest absolute Gasteiger partial charge is 0.494 e. The summed E-state index contributed by atoms with van der Waals surface area (Å²) < 4.78 is 5.77. The maximum absolute atomic E-state index is 11.0. The van der Waals surface area contributed by atoms with E-state index in [1.54, 1.807) is 0 Å². The van der Waals surface area contributed by atoms with Crippen molar-refractivity contribution in [2.24, 2.45) is 0 Å². The van der Waals surface area contributed by atoms with E-state index >= 15 is 0 Å². The lowest BCUT2D eigenvalue weighted by Crippen LogP contribution is -2.30. The number of amides is 1. The van der Waals surface area contributed by atoms with Crippen molar-refractivity contribution < 1.29 is 9.53 Å². The number of rotatable bonds is 8. The van der Waals surface area contributed by atoms with E-state index in [4.69, 9.17) is 16.3 Å². The fourth-order valence-corrected chi connectivity index (χ4v) is 2.95. The third kappa shape index (κ3) is 7.23. The molecule has 23 heavy (non-hydrogen) atoms. The minimum absolute atomic E-state index is 0.0120. The predicted molar refractivity (Wildman–Crippen MR) is 94.2 cm³/mol. The van der Waals surface area contributed by atoms with Gasteiger partial charge in [-0.05, 0) is 49.9 Å². The Morgan fingerprint density at radius 2 is 2.26 bits per heavy atom.